The summed E-state index contributed by atoms with van der Waals surface area (Å²) in [5.74, 6) is 1.57. The molecule has 0 aliphatic heterocycles. The average Bonchev–Trinajstić information content (AvgIpc) is 3.18. The second kappa shape index (κ2) is 43.5. The number of carbonyl (C=O) groups excluding carboxylic acids is 3. The van der Waals surface area contributed by atoms with Crippen LogP contribution in [0, 0.1) is 17.8 Å². The molecule has 0 heterocycles. The molecule has 0 bridgehead atoms. The van der Waals surface area contributed by atoms with E-state index in [1.807, 2.05) is 0 Å². The number of carbonyl (C=O) groups is 3. The zero-order valence-electron chi connectivity index (χ0n) is 39.8. The molecular formula is C52H100O6. The third-order valence-corrected chi connectivity index (χ3v) is 11.6. The van der Waals surface area contributed by atoms with Crippen LogP contribution in [0.25, 0.3) is 0 Å². The van der Waals surface area contributed by atoms with E-state index in [1.54, 1.807) is 0 Å². The van der Waals surface area contributed by atoms with Gasteiger partial charge in [0.1, 0.15) is 13.2 Å². The van der Waals surface area contributed by atoms with Crippen molar-refractivity contribution < 1.29 is 28.6 Å². The molecule has 0 N–H and O–H groups in total. The van der Waals surface area contributed by atoms with Crippen LogP contribution in [0.15, 0.2) is 0 Å². The van der Waals surface area contributed by atoms with E-state index in [2.05, 4.69) is 41.5 Å². The molecule has 0 aliphatic rings. The highest BCUT2D eigenvalue weighted by Gasteiger charge is 2.19. The second-order valence-electron chi connectivity index (χ2n) is 19.2. The molecular weight excluding hydrogens is 721 g/mol. The van der Waals surface area contributed by atoms with Crippen molar-refractivity contribution in [3.63, 3.8) is 0 Å². The molecule has 0 fully saturated rings. The summed E-state index contributed by atoms with van der Waals surface area (Å²) in [6.45, 7) is 13.7. The Kier molecular flexibility index (Phi) is 42.3. The minimum atomic E-state index is -0.763. The van der Waals surface area contributed by atoms with E-state index >= 15 is 0 Å². The van der Waals surface area contributed by atoms with E-state index in [0.29, 0.717) is 19.3 Å². The lowest BCUT2D eigenvalue weighted by Crippen LogP contribution is -2.30. The van der Waals surface area contributed by atoms with E-state index in [-0.39, 0.29) is 31.1 Å². The van der Waals surface area contributed by atoms with Gasteiger partial charge in [0.15, 0.2) is 6.10 Å². The Bertz CT molecular complexity index is 898. The predicted molar refractivity (Wildman–Crippen MR) is 247 cm³/mol. The molecule has 0 aromatic heterocycles. The Morgan fingerprint density at radius 1 is 0.293 bits per heavy atom. The van der Waals surface area contributed by atoms with E-state index < -0.39 is 6.10 Å². The van der Waals surface area contributed by atoms with Crippen LogP contribution < -0.4 is 0 Å². The molecule has 0 saturated heterocycles. The molecule has 344 valence electrons. The van der Waals surface area contributed by atoms with Gasteiger partial charge in [0.2, 0.25) is 0 Å². The number of ether oxygens (including phenoxy) is 3. The van der Waals surface area contributed by atoms with Crippen molar-refractivity contribution >= 4 is 17.9 Å². The van der Waals surface area contributed by atoms with Gasteiger partial charge in [0.05, 0.1) is 0 Å². The zero-order valence-corrected chi connectivity index (χ0v) is 39.8. The van der Waals surface area contributed by atoms with E-state index in [4.69, 9.17) is 14.2 Å². The van der Waals surface area contributed by atoms with Crippen LogP contribution in [0.3, 0.4) is 0 Å². The first kappa shape index (κ1) is 56.4. The standard InChI is InChI=1S/C52H100O6/c1-46(2)38-32-26-20-16-12-8-7-9-14-18-22-29-35-41-50(53)56-44-49(58-52(55)43-37-31-25-24-28-34-40-48(5)6)45-57-51(54)42-36-30-23-19-15-11-10-13-17-21-27-33-39-47(3)4/h46-49H,7-45H2,1-6H3/t49-/m1/s1. The number of hydrogen-bond donors (Lipinski definition) is 0. The van der Waals surface area contributed by atoms with Crippen LogP contribution in [-0.2, 0) is 28.6 Å². The van der Waals surface area contributed by atoms with Crippen LogP contribution in [0.2, 0.25) is 0 Å². The summed E-state index contributed by atoms with van der Waals surface area (Å²) in [5.41, 5.74) is 0. The maximum Gasteiger partial charge on any atom is 0.306 e. The molecule has 6 nitrogen and oxygen atoms in total. The van der Waals surface area contributed by atoms with Crippen molar-refractivity contribution in [3.8, 4) is 0 Å². The van der Waals surface area contributed by atoms with Crippen molar-refractivity contribution in [2.75, 3.05) is 13.2 Å². The lowest BCUT2D eigenvalue weighted by atomic mass is 10.0. The van der Waals surface area contributed by atoms with Crippen molar-refractivity contribution in [3.05, 3.63) is 0 Å². The molecule has 1 atom stereocenters. The smallest absolute Gasteiger partial charge is 0.306 e. The number of esters is 3. The van der Waals surface area contributed by atoms with Gasteiger partial charge in [-0.2, -0.15) is 0 Å². The molecule has 58 heavy (non-hydrogen) atoms. The third-order valence-electron chi connectivity index (χ3n) is 11.6. The minimum Gasteiger partial charge on any atom is -0.462 e. The van der Waals surface area contributed by atoms with Crippen molar-refractivity contribution in [1.82, 2.24) is 0 Å². The van der Waals surface area contributed by atoms with Crippen LogP contribution in [0.1, 0.15) is 279 Å². The molecule has 0 aromatic rings. The largest absolute Gasteiger partial charge is 0.462 e. The maximum atomic E-state index is 12.7. The molecule has 0 amide bonds. The van der Waals surface area contributed by atoms with Gasteiger partial charge in [0, 0.05) is 19.3 Å². The monoisotopic (exact) mass is 821 g/mol. The predicted octanol–water partition coefficient (Wildman–Crippen LogP) is 16.4. The van der Waals surface area contributed by atoms with Crippen LogP contribution in [-0.4, -0.2) is 37.2 Å². The number of unbranched alkanes of at least 4 members (excludes halogenated alkanes) is 28. The summed E-state index contributed by atoms with van der Waals surface area (Å²) in [7, 11) is 0. The van der Waals surface area contributed by atoms with Gasteiger partial charge in [-0.15, -0.1) is 0 Å². The second-order valence-corrected chi connectivity index (χ2v) is 19.2. The Labute approximate surface area is 361 Å². The lowest BCUT2D eigenvalue weighted by Gasteiger charge is -2.18. The van der Waals surface area contributed by atoms with Gasteiger partial charge in [-0.05, 0) is 37.0 Å². The van der Waals surface area contributed by atoms with Crippen LogP contribution in [0.5, 0.6) is 0 Å². The summed E-state index contributed by atoms with van der Waals surface area (Å²) < 4.78 is 16.8. The van der Waals surface area contributed by atoms with Crippen molar-refractivity contribution in [2.45, 2.75) is 285 Å². The number of hydrogen-bond acceptors (Lipinski definition) is 6. The first-order valence-electron chi connectivity index (χ1n) is 25.6. The Hall–Kier alpha value is -1.59. The summed E-state index contributed by atoms with van der Waals surface area (Å²) in [6.07, 6.45) is 42.5. The van der Waals surface area contributed by atoms with Gasteiger partial charge in [0.25, 0.3) is 0 Å². The fourth-order valence-electron chi connectivity index (χ4n) is 7.76. The normalized spacial score (nSPS) is 12.2. The van der Waals surface area contributed by atoms with E-state index in [0.717, 1.165) is 75.5 Å². The summed E-state index contributed by atoms with van der Waals surface area (Å²) in [5, 5.41) is 0. The molecule has 0 radical (unpaired) electrons. The quantitative estimate of drug-likeness (QED) is 0.0346. The first-order valence-corrected chi connectivity index (χ1v) is 25.6. The Balaban J connectivity index is 4.25. The molecule has 6 heteroatoms. The summed E-state index contributed by atoms with van der Waals surface area (Å²) in [4.78, 5) is 37.9. The van der Waals surface area contributed by atoms with E-state index in [9.17, 15) is 14.4 Å². The lowest BCUT2D eigenvalue weighted by molar-refractivity contribution is -0.167. The Morgan fingerprint density at radius 3 is 0.741 bits per heavy atom. The van der Waals surface area contributed by atoms with Gasteiger partial charge in [-0.25, -0.2) is 0 Å². The van der Waals surface area contributed by atoms with Crippen molar-refractivity contribution in [1.29, 1.82) is 0 Å². The number of rotatable bonds is 45. The first-order chi connectivity index (χ1) is 28.1. The van der Waals surface area contributed by atoms with Crippen molar-refractivity contribution in [2.24, 2.45) is 17.8 Å². The topological polar surface area (TPSA) is 78.9 Å². The fourth-order valence-corrected chi connectivity index (χ4v) is 7.76. The molecule has 0 aliphatic carbocycles. The van der Waals surface area contributed by atoms with Gasteiger partial charge >= 0.3 is 17.9 Å². The van der Waals surface area contributed by atoms with Gasteiger partial charge < -0.3 is 14.2 Å². The molecule has 0 unspecified atom stereocenters. The third kappa shape index (κ3) is 45.5. The highest BCUT2D eigenvalue weighted by atomic mass is 16.6. The highest BCUT2D eigenvalue weighted by molar-refractivity contribution is 5.71. The van der Waals surface area contributed by atoms with E-state index in [1.165, 1.54) is 161 Å². The molecule has 0 spiro atoms. The van der Waals surface area contributed by atoms with Gasteiger partial charge in [-0.1, -0.05) is 241 Å². The minimum absolute atomic E-state index is 0.0657. The van der Waals surface area contributed by atoms with Crippen LogP contribution in [0.4, 0.5) is 0 Å². The Morgan fingerprint density at radius 2 is 0.500 bits per heavy atom. The molecule has 0 aromatic carbocycles. The maximum absolute atomic E-state index is 12.7. The highest BCUT2D eigenvalue weighted by Crippen LogP contribution is 2.17. The summed E-state index contributed by atoms with van der Waals surface area (Å²) >= 11 is 0. The molecule has 0 rings (SSSR count). The zero-order chi connectivity index (χ0) is 42.7. The SMILES string of the molecule is CC(C)CCCCCCCCCCCCCCCC(=O)OC[C@H](COC(=O)CCCCCCCCCCCCCCC(C)C)OC(=O)CCCCCCCCC(C)C. The van der Waals surface area contributed by atoms with Gasteiger partial charge in [-0.3, -0.25) is 14.4 Å². The summed E-state index contributed by atoms with van der Waals surface area (Å²) in [6, 6.07) is 0. The average molecular weight is 821 g/mol. The molecule has 0 saturated carbocycles. The van der Waals surface area contributed by atoms with Crippen LogP contribution >= 0.6 is 0 Å². The fraction of sp³-hybridized carbons (Fsp3) is 0.942.